The summed E-state index contributed by atoms with van der Waals surface area (Å²) in [6.45, 7) is 3.34. The number of amides is 1. The molecule has 2 heterocycles. The highest BCUT2D eigenvalue weighted by molar-refractivity contribution is 5.76. The van der Waals surface area contributed by atoms with E-state index in [1.165, 1.54) is 6.33 Å². The molecule has 0 saturated carbocycles. The van der Waals surface area contributed by atoms with Crippen molar-refractivity contribution in [1.29, 1.82) is 0 Å². The second kappa shape index (κ2) is 10.4. The number of nitrogens with two attached hydrogens (primary N) is 1. The molecule has 0 radical (unpaired) electrons. The molecule has 1 atom stereocenters. The molecule has 1 amide bonds. The van der Waals surface area contributed by atoms with Gasteiger partial charge >= 0.3 is 0 Å². The van der Waals surface area contributed by atoms with Crippen LogP contribution in [-0.2, 0) is 24.1 Å². The van der Waals surface area contributed by atoms with Crippen molar-refractivity contribution in [1.82, 2.24) is 9.97 Å². The van der Waals surface area contributed by atoms with Gasteiger partial charge in [-0.2, -0.15) is 0 Å². The maximum atomic E-state index is 15.5. The Morgan fingerprint density at radius 3 is 2.52 bits per heavy atom. The SMILES string of the molecule is CCOc1ccc(C2CCCN2c2ncnc(CCc3ccc(CC(N)=O)cc3)c2F)cc1. The lowest BCUT2D eigenvalue weighted by Gasteiger charge is -2.27. The topological polar surface area (TPSA) is 81.3 Å². The van der Waals surface area contributed by atoms with E-state index in [0.717, 1.165) is 41.8 Å². The molecular formula is C26H29FN4O2. The van der Waals surface area contributed by atoms with Crippen molar-refractivity contribution in [2.75, 3.05) is 18.1 Å². The van der Waals surface area contributed by atoms with Gasteiger partial charge in [-0.05, 0) is 61.4 Å². The van der Waals surface area contributed by atoms with E-state index in [4.69, 9.17) is 10.5 Å². The lowest BCUT2D eigenvalue weighted by molar-refractivity contribution is -0.117. The molecule has 1 aliphatic heterocycles. The van der Waals surface area contributed by atoms with E-state index in [0.29, 0.717) is 31.0 Å². The van der Waals surface area contributed by atoms with Crippen molar-refractivity contribution < 1.29 is 13.9 Å². The molecule has 172 valence electrons. The number of ether oxygens (including phenoxy) is 1. The van der Waals surface area contributed by atoms with Crippen LogP contribution in [0.2, 0.25) is 0 Å². The molecule has 33 heavy (non-hydrogen) atoms. The van der Waals surface area contributed by atoms with Crippen LogP contribution in [0.4, 0.5) is 10.2 Å². The zero-order chi connectivity index (χ0) is 23.2. The van der Waals surface area contributed by atoms with Crippen molar-refractivity contribution in [2.24, 2.45) is 5.73 Å². The number of anilines is 1. The molecular weight excluding hydrogens is 419 g/mol. The van der Waals surface area contributed by atoms with Crippen molar-refractivity contribution in [3.8, 4) is 5.75 Å². The molecule has 1 fully saturated rings. The largest absolute Gasteiger partial charge is 0.494 e. The molecule has 3 aromatic rings. The summed E-state index contributed by atoms with van der Waals surface area (Å²) in [7, 11) is 0. The summed E-state index contributed by atoms with van der Waals surface area (Å²) >= 11 is 0. The first kappa shape index (κ1) is 22.7. The summed E-state index contributed by atoms with van der Waals surface area (Å²) in [5.41, 5.74) is 8.71. The lowest BCUT2D eigenvalue weighted by atomic mass is 10.0. The molecule has 2 N–H and O–H groups in total. The third-order valence-electron chi connectivity index (χ3n) is 6.00. The zero-order valence-electron chi connectivity index (χ0n) is 18.8. The predicted octanol–water partition coefficient (Wildman–Crippen LogP) is 4.17. The highest BCUT2D eigenvalue weighted by Gasteiger charge is 2.30. The summed E-state index contributed by atoms with van der Waals surface area (Å²) in [4.78, 5) is 21.6. The minimum atomic E-state index is -0.358. The van der Waals surface area contributed by atoms with E-state index in [1.54, 1.807) is 0 Å². The van der Waals surface area contributed by atoms with Crippen LogP contribution in [0.5, 0.6) is 5.75 Å². The predicted molar refractivity (Wildman–Crippen MR) is 126 cm³/mol. The van der Waals surface area contributed by atoms with Crippen molar-refractivity contribution in [2.45, 2.75) is 45.1 Å². The molecule has 1 aliphatic rings. The van der Waals surface area contributed by atoms with Crippen LogP contribution >= 0.6 is 0 Å². The van der Waals surface area contributed by atoms with Gasteiger partial charge < -0.3 is 15.4 Å². The maximum absolute atomic E-state index is 15.5. The summed E-state index contributed by atoms with van der Waals surface area (Å²) in [6.07, 6.45) is 4.72. The number of hydrogen-bond donors (Lipinski definition) is 1. The standard InChI is InChI=1S/C26H29FN4O2/c1-2-33-21-12-10-20(11-13-21)23-4-3-15-31(23)26-25(27)22(29-17-30-26)14-9-18-5-7-19(8-6-18)16-24(28)32/h5-8,10-13,17,23H,2-4,9,14-16H2,1H3,(H2,28,32). The molecule has 0 spiro atoms. The monoisotopic (exact) mass is 448 g/mol. The van der Waals surface area contributed by atoms with Gasteiger partial charge in [0.15, 0.2) is 11.6 Å². The number of hydrogen-bond acceptors (Lipinski definition) is 5. The molecule has 1 aromatic heterocycles. The van der Waals surface area contributed by atoms with Gasteiger partial charge in [-0.3, -0.25) is 4.79 Å². The van der Waals surface area contributed by atoms with Gasteiger partial charge in [0.1, 0.15) is 12.1 Å². The van der Waals surface area contributed by atoms with E-state index < -0.39 is 0 Å². The van der Waals surface area contributed by atoms with E-state index in [2.05, 4.69) is 27.0 Å². The van der Waals surface area contributed by atoms with Gasteiger partial charge in [-0.25, -0.2) is 14.4 Å². The summed E-state index contributed by atoms with van der Waals surface area (Å²) in [5.74, 6) is 0.502. The fraction of sp³-hybridized carbons (Fsp3) is 0.346. The first-order chi connectivity index (χ1) is 16.0. The summed E-state index contributed by atoms with van der Waals surface area (Å²) < 4.78 is 21.0. The number of nitrogens with zero attached hydrogens (tertiary/aromatic N) is 3. The minimum Gasteiger partial charge on any atom is -0.494 e. The maximum Gasteiger partial charge on any atom is 0.221 e. The Morgan fingerprint density at radius 1 is 1.09 bits per heavy atom. The number of aromatic nitrogens is 2. The second-order valence-corrected chi connectivity index (χ2v) is 8.27. The van der Waals surface area contributed by atoms with Crippen LogP contribution in [0.1, 0.15) is 48.2 Å². The van der Waals surface area contributed by atoms with Crippen molar-refractivity contribution >= 4 is 11.7 Å². The number of carbonyl (C=O) groups is 1. The number of halogens is 1. The van der Waals surface area contributed by atoms with Crippen LogP contribution in [0.15, 0.2) is 54.9 Å². The van der Waals surface area contributed by atoms with Crippen LogP contribution in [0.25, 0.3) is 0 Å². The first-order valence-corrected chi connectivity index (χ1v) is 11.4. The Morgan fingerprint density at radius 2 is 1.82 bits per heavy atom. The molecule has 2 aromatic carbocycles. The smallest absolute Gasteiger partial charge is 0.221 e. The van der Waals surface area contributed by atoms with Crippen molar-refractivity contribution in [3.63, 3.8) is 0 Å². The van der Waals surface area contributed by atoms with E-state index in [-0.39, 0.29) is 24.2 Å². The van der Waals surface area contributed by atoms with Crippen LogP contribution < -0.4 is 15.4 Å². The van der Waals surface area contributed by atoms with Crippen LogP contribution in [-0.4, -0.2) is 29.0 Å². The second-order valence-electron chi connectivity index (χ2n) is 8.27. The Hall–Kier alpha value is -3.48. The van der Waals surface area contributed by atoms with Gasteiger partial charge in [-0.1, -0.05) is 36.4 Å². The first-order valence-electron chi connectivity index (χ1n) is 11.4. The third-order valence-corrected chi connectivity index (χ3v) is 6.00. The molecule has 0 aliphatic carbocycles. The number of carbonyl (C=O) groups excluding carboxylic acids is 1. The number of benzene rings is 2. The van der Waals surface area contributed by atoms with Crippen molar-refractivity contribution in [3.05, 3.63) is 83.1 Å². The minimum absolute atomic E-state index is 0.0794. The quantitative estimate of drug-likeness (QED) is 0.531. The third kappa shape index (κ3) is 5.48. The van der Waals surface area contributed by atoms with E-state index >= 15 is 4.39 Å². The van der Waals surface area contributed by atoms with Gasteiger partial charge in [0, 0.05) is 6.54 Å². The highest BCUT2D eigenvalue weighted by atomic mass is 19.1. The normalized spacial score (nSPS) is 15.6. The average molecular weight is 449 g/mol. The molecule has 6 nitrogen and oxygen atoms in total. The molecule has 1 saturated heterocycles. The fourth-order valence-electron chi connectivity index (χ4n) is 4.38. The Labute approximate surface area is 193 Å². The van der Waals surface area contributed by atoms with Crippen LogP contribution in [0, 0.1) is 5.82 Å². The van der Waals surface area contributed by atoms with Gasteiger partial charge in [-0.15, -0.1) is 0 Å². The Kier molecular flexibility index (Phi) is 7.17. The molecule has 1 unspecified atom stereocenters. The number of aryl methyl sites for hydroxylation is 2. The Bertz CT molecular complexity index is 1090. The summed E-state index contributed by atoms with van der Waals surface area (Å²) in [5, 5.41) is 0. The summed E-state index contributed by atoms with van der Waals surface area (Å²) in [6, 6.07) is 15.8. The van der Waals surface area contributed by atoms with Crippen LogP contribution in [0.3, 0.4) is 0 Å². The number of primary amides is 1. The lowest BCUT2D eigenvalue weighted by Crippen LogP contribution is -2.25. The van der Waals surface area contributed by atoms with Gasteiger partial charge in [0.2, 0.25) is 5.91 Å². The van der Waals surface area contributed by atoms with Gasteiger partial charge in [0.05, 0.1) is 24.8 Å². The van der Waals surface area contributed by atoms with E-state index in [9.17, 15) is 4.79 Å². The fourth-order valence-corrected chi connectivity index (χ4v) is 4.38. The highest BCUT2D eigenvalue weighted by Crippen LogP contribution is 2.37. The van der Waals surface area contributed by atoms with Gasteiger partial charge in [0.25, 0.3) is 0 Å². The van der Waals surface area contributed by atoms with E-state index in [1.807, 2.05) is 43.3 Å². The molecule has 7 heteroatoms. The average Bonchev–Trinajstić information content (AvgIpc) is 3.29. The molecule has 4 rings (SSSR count). The zero-order valence-corrected chi connectivity index (χ0v) is 18.8. The molecule has 0 bridgehead atoms. The Balaban J connectivity index is 1.47. The number of rotatable bonds is 9.